The summed E-state index contributed by atoms with van der Waals surface area (Å²) in [6.07, 6.45) is 0. The van der Waals surface area contributed by atoms with Crippen LogP contribution in [0.4, 0.5) is 5.00 Å². The van der Waals surface area contributed by atoms with E-state index in [0.29, 0.717) is 16.1 Å². The zero-order valence-electron chi connectivity index (χ0n) is 16.2. The number of aryl methyl sites for hydroxylation is 2. The van der Waals surface area contributed by atoms with Gasteiger partial charge in [-0.1, -0.05) is 18.2 Å². The third kappa shape index (κ3) is 3.54. The molecule has 0 saturated carbocycles. The second kappa shape index (κ2) is 7.42. The predicted octanol–water partition coefficient (Wildman–Crippen LogP) is 5.30. The van der Waals surface area contributed by atoms with Gasteiger partial charge in [-0.05, 0) is 50.6 Å². The van der Waals surface area contributed by atoms with Crippen molar-refractivity contribution < 1.29 is 9.59 Å². The summed E-state index contributed by atoms with van der Waals surface area (Å²) in [4.78, 5) is 33.0. The van der Waals surface area contributed by atoms with Crippen LogP contribution >= 0.6 is 22.7 Å². The second-order valence-electron chi connectivity index (χ2n) is 6.79. The second-order valence-corrected chi connectivity index (χ2v) is 9.30. The number of thiophene rings is 2. The maximum Gasteiger partial charge on any atom is 0.257 e. The normalized spacial score (nSPS) is 11.0. The molecule has 0 bridgehead atoms. The van der Waals surface area contributed by atoms with Gasteiger partial charge in [0.25, 0.3) is 11.8 Å². The van der Waals surface area contributed by atoms with Crippen LogP contribution in [-0.4, -0.2) is 16.8 Å². The van der Waals surface area contributed by atoms with Gasteiger partial charge in [0.1, 0.15) is 5.00 Å². The van der Waals surface area contributed by atoms with Crippen LogP contribution in [0, 0.1) is 20.8 Å². The van der Waals surface area contributed by atoms with Crippen LogP contribution in [0.3, 0.4) is 0 Å². The topological polar surface area (TPSA) is 85.1 Å². The Morgan fingerprint density at radius 3 is 2.48 bits per heavy atom. The van der Waals surface area contributed by atoms with Crippen LogP contribution in [0.15, 0.2) is 42.5 Å². The molecule has 5 nitrogen and oxygen atoms in total. The molecule has 0 saturated heterocycles. The molecule has 0 unspecified atom stereocenters. The van der Waals surface area contributed by atoms with Crippen molar-refractivity contribution in [1.82, 2.24) is 4.98 Å². The van der Waals surface area contributed by atoms with Crippen LogP contribution < -0.4 is 11.1 Å². The van der Waals surface area contributed by atoms with Crippen molar-refractivity contribution in [2.24, 2.45) is 5.73 Å². The number of para-hydroxylation sites is 1. The van der Waals surface area contributed by atoms with Gasteiger partial charge in [-0.25, -0.2) is 4.98 Å². The Morgan fingerprint density at radius 2 is 1.79 bits per heavy atom. The van der Waals surface area contributed by atoms with E-state index in [0.717, 1.165) is 31.9 Å². The number of nitrogens with zero attached hydrogens (tertiary/aromatic N) is 1. The molecule has 0 aliphatic rings. The van der Waals surface area contributed by atoms with E-state index in [1.54, 1.807) is 17.4 Å². The van der Waals surface area contributed by atoms with Crippen molar-refractivity contribution in [2.75, 3.05) is 5.32 Å². The molecule has 1 aromatic carbocycles. The molecular weight excluding hydrogens is 402 g/mol. The molecular formula is C22H19N3O2S2. The Bertz CT molecular complexity index is 1270. The largest absolute Gasteiger partial charge is 0.365 e. The molecule has 2 amide bonds. The van der Waals surface area contributed by atoms with Gasteiger partial charge in [0.15, 0.2) is 0 Å². The van der Waals surface area contributed by atoms with Crippen molar-refractivity contribution in [3.05, 3.63) is 68.9 Å². The lowest BCUT2D eigenvalue weighted by Gasteiger charge is -2.10. The van der Waals surface area contributed by atoms with E-state index in [2.05, 4.69) is 5.32 Å². The van der Waals surface area contributed by atoms with Crippen LogP contribution in [0.25, 0.3) is 21.5 Å². The number of pyridine rings is 1. The minimum Gasteiger partial charge on any atom is -0.365 e. The highest BCUT2D eigenvalue weighted by Crippen LogP contribution is 2.34. The summed E-state index contributed by atoms with van der Waals surface area (Å²) in [5.41, 5.74) is 8.72. The van der Waals surface area contributed by atoms with Crippen LogP contribution in [0.5, 0.6) is 0 Å². The van der Waals surface area contributed by atoms with Crippen molar-refractivity contribution in [1.29, 1.82) is 0 Å². The van der Waals surface area contributed by atoms with E-state index in [1.807, 2.05) is 57.2 Å². The molecule has 3 aromatic heterocycles. The molecule has 0 atom stereocenters. The van der Waals surface area contributed by atoms with Gasteiger partial charge in [0.2, 0.25) is 0 Å². The Labute approximate surface area is 176 Å². The SMILES string of the molecule is Cc1ccc(-c2cc(C(=O)Nc3sc(C)c(C)c3C(N)=O)c3ccccc3n2)s1. The average Bonchev–Trinajstić information content (AvgIpc) is 3.24. The Morgan fingerprint density at radius 1 is 1.03 bits per heavy atom. The highest BCUT2D eigenvalue weighted by Gasteiger charge is 2.21. The number of anilines is 1. The minimum atomic E-state index is -0.545. The van der Waals surface area contributed by atoms with Crippen LogP contribution in [0.1, 0.15) is 36.0 Å². The number of carbonyl (C=O) groups is 2. The van der Waals surface area contributed by atoms with Gasteiger partial charge in [-0.2, -0.15) is 0 Å². The summed E-state index contributed by atoms with van der Waals surface area (Å²) in [5.74, 6) is -0.835. The number of hydrogen-bond acceptors (Lipinski definition) is 5. The van der Waals surface area contributed by atoms with Crippen molar-refractivity contribution in [2.45, 2.75) is 20.8 Å². The van der Waals surface area contributed by atoms with E-state index in [9.17, 15) is 9.59 Å². The van der Waals surface area contributed by atoms with E-state index in [-0.39, 0.29) is 5.91 Å². The number of primary amides is 1. The first-order valence-electron chi connectivity index (χ1n) is 9.03. The lowest BCUT2D eigenvalue weighted by Crippen LogP contribution is -2.18. The summed E-state index contributed by atoms with van der Waals surface area (Å²) in [6, 6.07) is 13.4. The first-order chi connectivity index (χ1) is 13.8. The van der Waals surface area contributed by atoms with Crippen molar-refractivity contribution in [3.8, 4) is 10.6 Å². The molecule has 3 heterocycles. The van der Waals surface area contributed by atoms with Gasteiger partial charge >= 0.3 is 0 Å². The highest BCUT2D eigenvalue weighted by atomic mass is 32.1. The molecule has 0 aliphatic heterocycles. The number of hydrogen-bond donors (Lipinski definition) is 2. The molecule has 0 fully saturated rings. The Balaban J connectivity index is 1.82. The third-order valence-corrected chi connectivity index (χ3v) is 6.96. The Hall–Kier alpha value is -3.03. The average molecular weight is 422 g/mol. The fourth-order valence-corrected chi connectivity index (χ4v) is 5.13. The highest BCUT2D eigenvalue weighted by molar-refractivity contribution is 7.17. The molecule has 3 N–H and O–H groups in total. The number of rotatable bonds is 4. The van der Waals surface area contributed by atoms with Crippen LogP contribution in [-0.2, 0) is 0 Å². The number of carbonyl (C=O) groups excluding carboxylic acids is 2. The monoisotopic (exact) mass is 421 g/mol. The molecule has 0 aliphatic carbocycles. The number of nitrogens with one attached hydrogen (secondary N) is 1. The molecule has 4 aromatic rings. The number of benzene rings is 1. The molecule has 146 valence electrons. The maximum atomic E-state index is 13.2. The van der Waals surface area contributed by atoms with E-state index >= 15 is 0 Å². The number of amides is 2. The fourth-order valence-electron chi connectivity index (χ4n) is 3.24. The summed E-state index contributed by atoms with van der Waals surface area (Å²) < 4.78 is 0. The molecule has 7 heteroatoms. The zero-order chi connectivity index (χ0) is 20.7. The van der Waals surface area contributed by atoms with Gasteiger partial charge < -0.3 is 11.1 Å². The fraction of sp³-hybridized carbons (Fsp3) is 0.136. The standard InChI is InChI=1S/C22H19N3O2S2/c1-11-8-9-18(28-11)17-10-15(14-6-4-5-7-16(14)24-17)21(27)25-22-19(20(23)26)12(2)13(3)29-22/h4-10H,1-3H3,(H2,23,26)(H,25,27). The molecule has 0 spiro atoms. The van der Waals surface area contributed by atoms with Crippen molar-refractivity contribution in [3.63, 3.8) is 0 Å². The zero-order valence-corrected chi connectivity index (χ0v) is 17.8. The smallest absolute Gasteiger partial charge is 0.257 e. The summed E-state index contributed by atoms with van der Waals surface area (Å²) in [7, 11) is 0. The molecule has 4 rings (SSSR count). The van der Waals surface area contributed by atoms with Crippen molar-refractivity contribution >= 4 is 50.4 Å². The summed E-state index contributed by atoms with van der Waals surface area (Å²) in [5, 5.41) is 4.14. The van der Waals surface area contributed by atoms with E-state index in [1.165, 1.54) is 16.2 Å². The number of fused-ring (bicyclic) bond motifs is 1. The van der Waals surface area contributed by atoms with Crippen LogP contribution in [0.2, 0.25) is 0 Å². The maximum absolute atomic E-state index is 13.2. The predicted molar refractivity (Wildman–Crippen MR) is 120 cm³/mol. The summed E-state index contributed by atoms with van der Waals surface area (Å²) >= 11 is 2.99. The lowest BCUT2D eigenvalue weighted by molar-refractivity contribution is 0.100. The van der Waals surface area contributed by atoms with E-state index < -0.39 is 5.91 Å². The van der Waals surface area contributed by atoms with Gasteiger partial charge in [-0.3, -0.25) is 9.59 Å². The minimum absolute atomic E-state index is 0.290. The quantitative estimate of drug-likeness (QED) is 0.469. The van der Waals surface area contributed by atoms with E-state index in [4.69, 9.17) is 10.7 Å². The van der Waals surface area contributed by atoms with Gasteiger partial charge in [0, 0.05) is 15.1 Å². The third-order valence-electron chi connectivity index (χ3n) is 4.81. The lowest BCUT2D eigenvalue weighted by atomic mass is 10.1. The first-order valence-corrected chi connectivity index (χ1v) is 10.7. The Kier molecular flexibility index (Phi) is 4.94. The van der Waals surface area contributed by atoms with Gasteiger partial charge in [0.05, 0.1) is 27.2 Å². The van der Waals surface area contributed by atoms with Gasteiger partial charge in [-0.15, -0.1) is 22.7 Å². The first kappa shape index (κ1) is 19.3. The number of nitrogens with two attached hydrogens (primary N) is 1. The molecule has 0 radical (unpaired) electrons. The number of aromatic nitrogens is 1. The summed E-state index contributed by atoms with van der Waals surface area (Å²) in [6.45, 7) is 5.78. The molecule has 29 heavy (non-hydrogen) atoms.